The van der Waals surface area contributed by atoms with Gasteiger partial charge >= 0.3 is 12.2 Å². The van der Waals surface area contributed by atoms with Gasteiger partial charge in [0.2, 0.25) is 5.91 Å². The van der Waals surface area contributed by atoms with Crippen LogP contribution in [0.4, 0.5) is 24.2 Å². The van der Waals surface area contributed by atoms with Crippen LogP contribution < -0.4 is 26.3 Å². The molecule has 2 bridgehead atoms. The molecule has 0 radical (unpaired) electrons. The number of nitrogens with zero attached hydrogens (tertiary/aromatic N) is 5. The molecule has 0 saturated carbocycles. The largest absolute Gasteiger partial charge is 0.465 e. The minimum absolute atomic E-state index is 0.0198. The molecule has 4 aromatic rings. The second-order valence-electron chi connectivity index (χ2n) is 21.4. The first-order valence-corrected chi connectivity index (χ1v) is 25.1. The fourth-order valence-electron chi connectivity index (χ4n) is 9.71. The third-order valence-electron chi connectivity index (χ3n) is 13.7. The normalized spacial score (nSPS) is 19.0. The molecule has 3 saturated heterocycles. The molecule has 3 aliphatic heterocycles. The molecular weight excluding hydrogens is 969 g/mol. The highest BCUT2D eigenvalue weighted by atomic mass is 19.1. The van der Waals surface area contributed by atoms with Crippen molar-refractivity contribution in [1.29, 1.82) is 0 Å². The zero-order chi connectivity index (χ0) is 54.2. The van der Waals surface area contributed by atoms with Crippen molar-refractivity contribution in [3.63, 3.8) is 0 Å². The molecule has 6 N–H and O–H groups in total. The molecular formula is C55H67F2N9O9. The van der Waals surface area contributed by atoms with Gasteiger partial charge in [-0.25, -0.2) is 28.4 Å². The Morgan fingerprint density at radius 3 is 2.04 bits per heavy atom. The summed E-state index contributed by atoms with van der Waals surface area (Å²) in [5.74, 6) is 3.70. The van der Waals surface area contributed by atoms with Crippen LogP contribution in [0.2, 0.25) is 0 Å². The average Bonchev–Trinajstić information content (AvgIpc) is 4.00. The van der Waals surface area contributed by atoms with Gasteiger partial charge in [0.1, 0.15) is 35.6 Å². The number of ether oxygens (including phenoxy) is 2. The van der Waals surface area contributed by atoms with E-state index in [0.717, 1.165) is 55.8 Å². The van der Waals surface area contributed by atoms with Crippen molar-refractivity contribution in [2.24, 2.45) is 10.8 Å². The quantitative estimate of drug-likeness (QED) is 0.0598. The van der Waals surface area contributed by atoms with Crippen LogP contribution in [-0.4, -0.2) is 136 Å². The highest BCUT2D eigenvalue weighted by molar-refractivity contribution is 5.87. The van der Waals surface area contributed by atoms with Crippen molar-refractivity contribution in [3.05, 3.63) is 113 Å². The third kappa shape index (κ3) is 14.3. The Kier molecular flexibility index (Phi) is 17.8. The molecule has 5 heterocycles. The Bertz CT molecular complexity index is 2700. The van der Waals surface area contributed by atoms with Crippen molar-refractivity contribution < 1.29 is 52.4 Å². The number of piperazine rings is 1. The topological polar surface area (TPSA) is 228 Å². The summed E-state index contributed by atoms with van der Waals surface area (Å²) in [6, 6.07) is 14.5. The summed E-state index contributed by atoms with van der Waals surface area (Å²) in [5.41, 5.74) is 2.68. The summed E-state index contributed by atoms with van der Waals surface area (Å²) >= 11 is 0. The lowest BCUT2D eigenvalue weighted by atomic mass is 9.85. The van der Waals surface area contributed by atoms with Gasteiger partial charge in [-0.2, -0.15) is 0 Å². The number of benzene rings is 2. The molecule has 7 atom stereocenters. The molecule has 2 aromatic heterocycles. The Morgan fingerprint density at radius 2 is 1.48 bits per heavy atom. The second kappa shape index (κ2) is 24.0. The Balaban J connectivity index is 1.11. The van der Waals surface area contributed by atoms with E-state index in [9.17, 15) is 34.2 Å². The van der Waals surface area contributed by atoms with Crippen molar-refractivity contribution in [3.8, 4) is 23.1 Å². The molecule has 3 aliphatic rings. The number of carboxylic acid groups (broad SMARTS) is 1. The first-order chi connectivity index (χ1) is 35.6. The van der Waals surface area contributed by atoms with Crippen molar-refractivity contribution >= 4 is 35.7 Å². The smallest absolute Gasteiger partial charge is 0.407 e. The Morgan fingerprint density at radius 1 is 0.840 bits per heavy atom. The van der Waals surface area contributed by atoms with Gasteiger partial charge in [-0.05, 0) is 97.0 Å². The molecule has 20 heteroatoms. The van der Waals surface area contributed by atoms with Crippen LogP contribution in [0.1, 0.15) is 89.5 Å². The number of nitrogens with one attached hydrogen (secondary N) is 4. The molecule has 7 rings (SSSR count). The monoisotopic (exact) mass is 1040 g/mol. The van der Waals surface area contributed by atoms with Crippen LogP contribution in [0.15, 0.2) is 79.1 Å². The summed E-state index contributed by atoms with van der Waals surface area (Å²) in [6.45, 7) is 10.9. The number of aromatic nitrogens is 2. The predicted octanol–water partition coefficient (Wildman–Crippen LogP) is 5.55. The maximum absolute atomic E-state index is 16.0. The van der Waals surface area contributed by atoms with Crippen LogP contribution in [0, 0.1) is 34.3 Å². The number of halogens is 2. The Labute approximate surface area is 435 Å². The van der Waals surface area contributed by atoms with Crippen molar-refractivity contribution in [2.45, 2.75) is 123 Å². The van der Waals surface area contributed by atoms with Crippen molar-refractivity contribution in [1.82, 2.24) is 41.3 Å². The number of fused-ring (bicyclic) bond motifs is 2. The summed E-state index contributed by atoms with van der Waals surface area (Å²) in [7, 11) is 1.16. The van der Waals surface area contributed by atoms with E-state index < -0.39 is 89.3 Å². The minimum Gasteiger partial charge on any atom is -0.465 e. The third-order valence-corrected chi connectivity index (χ3v) is 13.7. The van der Waals surface area contributed by atoms with Gasteiger partial charge in [0.15, 0.2) is 0 Å². The lowest BCUT2D eigenvalue weighted by Crippen LogP contribution is -2.60. The van der Waals surface area contributed by atoms with Gasteiger partial charge in [-0.1, -0.05) is 71.6 Å². The van der Waals surface area contributed by atoms with Gasteiger partial charge in [-0.3, -0.25) is 24.8 Å². The van der Waals surface area contributed by atoms with Gasteiger partial charge in [-0.15, -0.1) is 0 Å². The lowest BCUT2D eigenvalue weighted by molar-refractivity contribution is -0.144. The van der Waals surface area contributed by atoms with Gasteiger partial charge in [0, 0.05) is 79.5 Å². The predicted molar refractivity (Wildman–Crippen MR) is 274 cm³/mol. The van der Waals surface area contributed by atoms with Crippen LogP contribution in [0.5, 0.6) is 0 Å². The molecule has 3 fully saturated rings. The number of carbonyl (C=O) groups excluding carboxylic acids is 4. The lowest BCUT2D eigenvalue weighted by Gasteiger charge is -2.42. The van der Waals surface area contributed by atoms with E-state index in [-0.39, 0.29) is 36.1 Å². The number of aliphatic hydroxyl groups excluding tert-OH is 1. The standard InChI is InChI=1S/C55H67F2N9O9/c1-54(2,3)47(62-53(73)74-7)49(68)60-43(44(67)32-65(63-50(69)48(55(4,5)6)61-52(71)72)31-39-40(56)26-36(27-41(39)57)42-11-8-9-23-58-42)25-34-16-13-33(14-17-34)15-18-35-19-22-46(59-28-35)64-29-37-20-21-38(30-64)66(37)51(70)45-12-10-24-75-45/h8-9,11,13-14,16-17,19,22-23,26-28,37-38,43-45,47-48,61,67H,10,12,20-21,24-25,29-32H2,1-7H3,(H,60,68)(H,62,73)(H,63,69)(H,71,72)/t37?,38?,43-,44-,45-,47+,48+/m0/s1. The fourth-order valence-corrected chi connectivity index (χ4v) is 9.71. The number of aliphatic hydroxyl groups is 1. The fraction of sp³-hybridized carbons (Fsp3) is 0.473. The van der Waals surface area contributed by atoms with E-state index >= 15 is 8.78 Å². The number of rotatable bonds is 16. The highest BCUT2D eigenvalue weighted by Crippen LogP contribution is 2.34. The summed E-state index contributed by atoms with van der Waals surface area (Å²) in [5, 5.41) is 30.5. The van der Waals surface area contributed by atoms with E-state index in [1.807, 2.05) is 17.0 Å². The number of hydrazine groups is 1. The number of anilines is 1. The maximum atomic E-state index is 16.0. The van der Waals surface area contributed by atoms with Crippen LogP contribution >= 0.6 is 0 Å². The second-order valence-corrected chi connectivity index (χ2v) is 21.4. The number of alkyl carbamates (subject to hydrolysis) is 1. The molecule has 400 valence electrons. The van der Waals surface area contributed by atoms with E-state index in [4.69, 9.17) is 14.5 Å². The van der Waals surface area contributed by atoms with Crippen LogP contribution in [0.3, 0.4) is 0 Å². The summed E-state index contributed by atoms with van der Waals surface area (Å²) < 4.78 is 42.5. The van der Waals surface area contributed by atoms with E-state index in [1.54, 1.807) is 90.2 Å². The minimum atomic E-state index is -1.59. The maximum Gasteiger partial charge on any atom is 0.407 e. The van der Waals surface area contributed by atoms with Gasteiger partial charge in [0.05, 0.1) is 24.9 Å². The number of hydrogen-bond donors (Lipinski definition) is 6. The van der Waals surface area contributed by atoms with Crippen molar-refractivity contribution in [2.75, 3.05) is 38.3 Å². The number of pyridine rings is 2. The molecule has 0 aliphatic carbocycles. The van der Waals surface area contributed by atoms with Crippen LogP contribution in [0.25, 0.3) is 11.3 Å². The zero-order valence-corrected chi connectivity index (χ0v) is 43.4. The van der Waals surface area contributed by atoms with E-state index in [0.29, 0.717) is 42.1 Å². The van der Waals surface area contributed by atoms with E-state index in [2.05, 4.69) is 43.1 Å². The van der Waals surface area contributed by atoms with Gasteiger partial charge in [0.25, 0.3) is 11.8 Å². The highest BCUT2D eigenvalue weighted by Gasteiger charge is 2.45. The van der Waals surface area contributed by atoms with Crippen LogP contribution in [-0.2, 0) is 36.8 Å². The average molecular weight is 1040 g/mol. The zero-order valence-electron chi connectivity index (χ0n) is 43.4. The Hall–Kier alpha value is -7.21. The number of amides is 5. The van der Waals surface area contributed by atoms with E-state index in [1.165, 1.54) is 6.20 Å². The first kappa shape index (κ1) is 55.5. The molecule has 0 spiro atoms. The number of methoxy groups -OCH3 is 1. The molecule has 5 amide bonds. The molecule has 2 unspecified atom stereocenters. The van der Waals surface area contributed by atoms with Gasteiger partial charge < -0.3 is 45.4 Å². The number of carbonyl (C=O) groups is 5. The molecule has 2 aromatic carbocycles. The SMILES string of the molecule is COC(=O)N[C@H](C(=O)N[C@@H](Cc1ccc(C#Cc2ccc(N3CC4CCC(C3)N4C(=O)[C@@H]3CCCO3)nc2)cc1)[C@@H](O)CN(Cc1c(F)cc(-c2ccccn2)cc1F)NC(=O)[C@@H](NC(=O)O)C(C)(C)C)C(C)(C)C. The number of hydrogen-bond acceptors (Lipinski definition) is 12. The first-order valence-electron chi connectivity index (χ1n) is 25.1. The summed E-state index contributed by atoms with van der Waals surface area (Å²) in [6.07, 6.45) is 2.48. The molecule has 18 nitrogen and oxygen atoms in total. The molecule has 75 heavy (non-hydrogen) atoms. The summed E-state index contributed by atoms with van der Waals surface area (Å²) in [4.78, 5) is 78.8.